The lowest BCUT2D eigenvalue weighted by Crippen LogP contribution is -2.23. The van der Waals surface area contributed by atoms with E-state index in [2.05, 4.69) is 26.2 Å². The van der Waals surface area contributed by atoms with E-state index in [1.807, 2.05) is 29.8 Å². The minimum atomic E-state index is -4.44. The Labute approximate surface area is 145 Å². The summed E-state index contributed by atoms with van der Waals surface area (Å²) in [4.78, 5) is 15.5. The number of carbonyl (C=O) groups excluding carboxylic acids is 1. The lowest BCUT2D eigenvalue weighted by Gasteiger charge is -2.03. The van der Waals surface area contributed by atoms with Crippen molar-refractivity contribution >= 4 is 38.5 Å². The lowest BCUT2D eigenvalue weighted by atomic mass is 10.1. The second kappa shape index (κ2) is 7.21. The summed E-state index contributed by atoms with van der Waals surface area (Å²) >= 11 is 3.37. The molecule has 1 amide bonds. The first kappa shape index (κ1) is 18.3. The zero-order chi connectivity index (χ0) is 17.9. The Morgan fingerprint density at radius 2 is 2.12 bits per heavy atom. The number of nitrogens with zero attached hydrogens (tertiary/aromatic N) is 2. The number of fused-ring (bicyclic) bond motifs is 1. The highest BCUT2D eigenvalue weighted by Crippen LogP contribution is 2.24. The number of benzene rings is 1. The predicted octanol–water partition coefficient (Wildman–Crippen LogP) is 4.21. The van der Waals surface area contributed by atoms with Crippen molar-refractivity contribution in [2.75, 3.05) is 6.54 Å². The maximum absolute atomic E-state index is 12.3. The van der Waals surface area contributed by atoms with Crippen LogP contribution >= 0.6 is 15.9 Å². The van der Waals surface area contributed by atoms with Crippen LogP contribution in [0.25, 0.3) is 10.9 Å². The summed E-state index contributed by atoms with van der Waals surface area (Å²) in [7, 11) is 1.83. The van der Waals surface area contributed by atoms with Gasteiger partial charge >= 0.3 is 6.18 Å². The van der Waals surface area contributed by atoms with Gasteiger partial charge in [-0.25, -0.2) is 0 Å². The largest absolute Gasteiger partial charge is 0.429 e. The molecule has 0 atom stereocenters. The van der Waals surface area contributed by atoms with Gasteiger partial charge in [0.1, 0.15) is 5.71 Å². The van der Waals surface area contributed by atoms with E-state index in [9.17, 15) is 18.0 Å². The molecule has 4 nitrogen and oxygen atoms in total. The van der Waals surface area contributed by atoms with Gasteiger partial charge in [0.2, 0.25) is 0 Å². The lowest BCUT2D eigenvalue weighted by molar-refractivity contribution is -0.0591. The van der Waals surface area contributed by atoms with Gasteiger partial charge < -0.3 is 9.88 Å². The molecule has 0 aliphatic carbocycles. The normalized spacial score (nSPS) is 13.0. The second-order valence-corrected chi connectivity index (χ2v) is 6.04. The van der Waals surface area contributed by atoms with E-state index in [1.54, 1.807) is 6.20 Å². The molecule has 0 spiro atoms. The van der Waals surface area contributed by atoms with Crippen LogP contribution in [0.4, 0.5) is 13.2 Å². The smallest absolute Gasteiger partial charge is 0.350 e. The molecule has 0 bridgehead atoms. The highest BCUT2D eigenvalue weighted by atomic mass is 79.9. The maximum atomic E-state index is 12.3. The van der Waals surface area contributed by atoms with Gasteiger partial charge in [0.15, 0.2) is 0 Å². The van der Waals surface area contributed by atoms with E-state index < -0.39 is 11.9 Å². The number of aliphatic imine (C=N–C) groups is 1. The Morgan fingerprint density at radius 1 is 1.42 bits per heavy atom. The number of carbonyl (C=O) groups is 1. The number of amides is 1. The summed E-state index contributed by atoms with van der Waals surface area (Å²) < 4.78 is 39.4. The minimum absolute atomic E-state index is 0.0812. The fraction of sp³-hybridized carbons (Fsp3) is 0.250. The molecule has 2 rings (SSSR count). The summed E-state index contributed by atoms with van der Waals surface area (Å²) in [5.41, 5.74) is 0.463. The molecule has 2 aromatic rings. The minimum Gasteiger partial charge on any atom is -0.350 e. The van der Waals surface area contributed by atoms with Crippen molar-refractivity contribution < 1.29 is 18.0 Å². The van der Waals surface area contributed by atoms with Gasteiger partial charge in [-0.1, -0.05) is 15.9 Å². The maximum Gasteiger partial charge on any atom is 0.429 e. The number of hydrogen-bond acceptors (Lipinski definition) is 2. The van der Waals surface area contributed by atoms with Gasteiger partial charge in [-0.15, -0.1) is 0 Å². The summed E-state index contributed by atoms with van der Waals surface area (Å²) in [5, 5.41) is 3.42. The third-order valence-corrected chi connectivity index (χ3v) is 3.85. The van der Waals surface area contributed by atoms with E-state index in [-0.39, 0.29) is 12.5 Å². The molecule has 0 unspecified atom stereocenters. The fourth-order valence-electron chi connectivity index (χ4n) is 2.08. The molecule has 8 heteroatoms. The number of rotatable bonds is 4. The van der Waals surface area contributed by atoms with Crippen molar-refractivity contribution in [2.45, 2.75) is 13.1 Å². The van der Waals surface area contributed by atoms with Gasteiger partial charge in [0, 0.05) is 41.4 Å². The van der Waals surface area contributed by atoms with E-state index in [4.69, 9.17) is 0 Å². The number of aryl methyl sites for hydroxylation is 1. The van der Waals surface area contributed by atoms with Crippen LogP contribution in [0.3, 0.4) is 0 Å². The fourth-order valence-corrected chi connectivity index (χ4v) is 2.44. The van der Waals surface area contributed by atoms with Crippen LogP contribution < -0.4 is 5.32 Å². The Hall–Kier alpha value is -2.09. The molecule has 128 valence electrons. The molecule has 1 N–H and O–H groups in total. The number of aromatic nitrogens is 1. The van der Waals surface area contributed by atoms with Crippen LogP contribution in [0.15, 0.2) is 46.1 Å². The third kappa shape index (κ3) is 4.25. The van der Waals surface area contributed by atoms with Gasteiger partial charge in [0.05, 0.1) is 5.56 Å². The zero-order valence-electron chi connectivity index (χ0n) is 13.0. The molecule has 0 fully saturated rings. The molecule has 0 saturated carbocycles. The van der Waals surface area contributed by atoms with Crippen LogP contribution in [-0.2, 0) is 7.05 Å². The predicted molar refractivity (Wildman–Crippen MR) is 91.3 cm³/mol. The average molecular weight is 402 g/mol. The van der Waals surface area contributed by atoms with E-state index in [0.29, 0.717) is 5.56 Å². The van der Waals surface area contributed by atoms with Crippen LogP contribution in [-0.4, -0.2) is 28.9 Å². The Balaban J connectivity index is 2.05. The molecule has 1 heterocycles. The standard InChI is InChI=1S/C16H15BrF3N3O/c1-10(16(18,19)20)21-6-3-7-22-15(24)13-9-23(2)14-5-4-11(17)8-12(13)14/h3-6,8-9H,7H2,1-2H3,(H,22,24). The van der Waals surface area contributed by atoms with Gasteiger partial charge in [-0.3, -0.25) is 9.79 Å². The topological polar surface area (TPSA) is 46.4 Å². The van der Waals surface area contributed by atoms with Crippen molar-refractivity contribution in [1.29, 1.82) is 0 Å². The summed E-state index contributed by atoms with van der Waals surface area (Å²) in [6.07, 6.45) is -0.344. The average Bonchev–Trinajstić information content (AvgIpc) is 2.82. The number of hydrogen-bond donors (Lipinski definition) is 1. The number of halogens is 4. The van der Waals surface area contributed by atoms with Crippen LogP contribution in [0.1, 0.15) is 17.3 Å². The van der Waals surface area contributed by atoms with Gasteiger partial charge in [-0.2, -0.15) is 13.2 Å². The zero-order valence-corrected chi connectivity index (χ0v) is 14.6. The van der Waals surface area contributed by atoms with Crippen LogP contribution in [0.2, 0.25) is 0 Å². The summed E-state index contributed by atoms with van der Waals surface area (Å²) in [5.74, 6) is -0.306. The molecule has 0 radical (unpaired) electrons. The van der Waals surface area contributed by atoms with Crippen molar-refractivity contribution in [3.8, 4) is 0 Å². The summed E-state index contributed by atoms with van der Waals surface area (Å²) in [6.45, 7) is 0.967. The van der Waals surface area contributed by atoms with E-state index in [1.165, 1.54) is 6.08 Å². The Bertz CT molecular complexity index is 822. The molecule has 0 saturated heterocycles. The Morgan fingerprint density at radius 3 is 2.79 bits per heavy atom. The number of nitrogens with one attached hydrogen (secondary N) is 1. The first-order valence-electron chi connectivity index (χ1n) is 6.99. The first-order valence-corrected chi connectivity index (χ1v) is 7.79. The SMILES string of the molecule is CC(=NC=CCNC(=O)c1cn(C)c2ccc(Br)cc12)C(F)(F)F. The highest BCUT2D eigenvalue weighted by Gasteiger charge is 2.31. The van der Waals surface area contributed by atoms with Crippen molar-refractivity contribution in [3.63, 3.8) is 0 Å². The highest BCUT2D eigenvalue weighted by molar-refractivity contribution is 9.10. The molecule has 1 aromatic carbocycles. The molecule has 24 heavy (non-hydrogen) atoms. The monoisotopic (exact) mass is 401 g/mol. The third-order valence-electron chi connectivity index (χ3n) is 3.36. The molecule has 0 aliphatic heterocycles. The molecular weight excluding hydrogens is 387 g/mol. The van der Waals surface area contributed by atoms with Crippen LogP contribution in [0, 0.1) is 0 Å². The van der Waals surface area contributed by atoms with Gasteiger partial charge in [-0.05, 0) is 31.2 Å². The van der Waals surface area contributed by atoms with Crippen LogP contribution in [0.5, 0.6) is 0 Å². The molecular formula is C16H15BrF3N3O. The van der Waals surface area contributed by atoms with Crippen molar-refractivity contribution in [3.05, 3.63) is 46.7 Å². The van der Waals surface area contributed by atoms with Crippen molar-refractivity contribution in [2.24, 2.45) is 12.0 Å². The number of alkyl halides is 3. The van der Waals surface area contributed by atoms with E-state index in [0.717, 1.165) is 28.5 Å². The quantitative estimate of drug-likeness (QED) is 0.766. The molecule has 1 aromatic heterocycles. The second-order valence-electron chi connectivity index (χ2n) is 5.12. The molecule has 0 aliphatic rings. The van der Waals surface area contributed by atoms with Crippen molar-refractivity contribution in [1.82, 2.24) is 9.88 Å². The Kier molecular flexibility index (Phi) is 5.48. The first-order chi connectivity index (χ1) is 11.2. The van der Waals surface area contributed by atoms with E-state index >= 15 is 0 Å². The summed E-state index contributed by atoms with van der Waals surface area (Å²) in [6, 6.07) is 5.62. The van der Waals surface area contributed by atoms with Gasteiger partial charge in [0.25, 0.3) is 5.91 Å².